The first-order chi connectivity index (χ1) is 22.3. The van der Waals surface area contributed by atoms with Crippen molar-refractivity contribution >= 4 is 19.8 Å². The maximum Gasteiger partial charge on any atom is 0.469 e. The summed E-state index contributed by atoms with van der Waals surface area (Å²) < 4.78 is 26.3. The van der Waals surface area contributed by atoms with E-state index >= 15 is 0 Å². The summed E-state index contributed by atoms with van der Waals surface area (Å²) >= 11 is 0. The molecule has 0 spiro atoms. The number of rotatable bonds is 34. The largest absolute Gasteiger partial charge is 0.469 e. The molecule has 1 atom stereocenters. The Morgan fingerprint density at radius 3 is 1.39 bits per heavy atom. The molecular weight excluding hydrogens is 603 g/mol. The van der Waals surface area contributed by atoms with Crippen molar-refractivity contribution in [2.45, 2.75) is 187 Å². The number of phosphoric acid groups is 1. The lowest BCUT2D eigenvalue weighted by Crippen LogP contribution is -2.29. The monoisotopic (exact) mass is 672 g/mol. The molecule has 0 rings (SSSR count). The van der Waals surface area contributed by atoms with Crippen LogP contribution in [0.1, 0.15) is 181 Å². The number of unbranched alkanes of at least 4 members (excludes halogenated alkanes) is 20. The lowest BCUT2D eigenvalue weighted by Gasteiger charge is -2.18. The third kappa shape index (κ3) is 35.4. The Labute approximate surface area is 281 Å². The van der Waals surface area contributed by atoms with Crippen molar-refractivity contribution in [3.8, 4) is 0 Å². The van der Waals surface area contributed by atoms with Crippen LogP contribution in [0.3, 0.4) is 0 Å². The minimum atomic E-state index is -4.75. The van der Waals surface area contributed by atoms with Gasteiger partial charge < -0.3 is 19.3 Å². The third-order valence-corrected chi connectivity index (χ3v) is 8.43. The summed E-state index contributed by atoms with van der Waals surface area (Å²) in [6.45, 7) is 3.62. The van der Waals surface area contributed by atoms with E-state index < -0.39 is 32.5 Å². The summed E-state index contributed by atoms with van der Waals surface area (Å²) in [5.41, 5.74) is 0. The van der Waals surface area contributed by atoms with Crippen LogP contribution in [0.25, 0.3) is 0 Å². The molecule has 8 nitrogen and oxygen atoms in total. The molecule has 0 aromatic rings. The van der Waals surface area contributed by atoms with Gasteiger partial charge in [-0.25, -0.2) is 4.57 Å². The van der Waals surface area contributed by atoms with Crippen LogP contribution in [0.15, 0.2) is 24.3 Å². The zero-order valence-corrected chi connectivity index (χ0v) is 30.4. The summed E-state index contributed by atoms with van der Waals surface area (Å²) in [5.74, 6) is -0.899. The van der Waals surface area contributed by atoms with Crippen LogP contribution in [-0.2, 0) is 28.2 Å². The lowest BCUT2D eigenvalue weighted by molar-refractivity contribution is -0.161. The van der Waals surface area contributed by atoms with Gasteiger partial charge in [0.1, 0.15) is 6.61 Å². The average Bonchev–Trinajstić information content (AvgIpc) is 3.02. The SMILES string of the molecule is CCCC/C=C\CCCCCCCC(=O)OCC(COP(=O)(O)O)OC(=O)CCCCCCCCC/C=C\CCCCCCCC. The van der Waals surface area contributed by atoms with Crippen LogP contribution in [0.2, 0.25) is 0 Å². The molecule has 0 aromatic heterocycles. The average molecular weight is 673 g/mol. The minimum Gasteiger partial charge on any atom is -0.462 e. The maximum atomic E-state index is 12.3. The molecule has 0 fully saturated rings. The molecule has 0 bridgehead atoms. The predicted molar refractivity (Wildman–Crippen MR) is 189 cm³/mol. The first-order valence-corrected chi connectivity index (χ1v) is 20.2. The van der Waals surface area contributed by atoms with Crippen molar-refractivity contribution in [2.75, 3.05) is 13.2 Å². The first-order valence-electron chi connectivity index (χ1n) is 18.6. The van der Waals surface area contributed by atoms with Crippen molar-refractivity contribution in [3.05, 3.63) is 24.3 Å². The van der Waals surface area contributed by atoms with Crippen LogP contribution in [0.4, 0.5) is 0 Å². The fourth-order valence-corrected chi connectivity index (χ4v) is 5.47. The number of phosphoric ester groups is 1. The van der Waals surface area contributed by atoms with Gasteiger partial charge in [0.2, 0.25) is 0 Å². The van der Waals surface area contributed by atoms with E-state index in [0.717, 1.165) is 64.2 Å². The van der Waals surface area contributed by atoms with E-state index in [1.54, 1.807) is 0 Å². The molecule has 0 heterocycles. The summed E-state index contributed by atoms with van der Waals surface area (Å²) in [6.07, 6.45) is 36.1. The topological polar surface area (TPSA) is 119 Å². The second-order valence-electron chi connectivity index (χ2n) is 12.5. The van der Waals surface area contributed by atoms with Gasteiger partial charge in [-0.2, -0.15) is 0 Å². The number of hydrogen-bond donors (Lipinski definition) is 2. The highest BCUT2D eigenvalue weighted by Gasteiger charge is 2.22. The number of carbonyl (C=O) groups is 2. The number of esters is 2. The van der Waals surface area contributed by atoms with E-state index in [2.05, 4.69) is 42.7 Å². The van der Waals surface area contributed by atoms with Gasteiger partial charge in [-0.3, -0.25) is 14.1 Å². The van der Waals surface area contributed by atoms with Crippen LogP contribution in [0, 0.1) is 0 Å². The summed E-state index contributed by atoms with van der Waals surface area (Å²) in [5, 5.41) is 0. The van der Waals surface area contributed by atoms with Gasteiger partial charge in [-0.05, 0) is 57.8 Å². The fourth-order valence-electron chi connectivity index (χ4n) is 5.11. The molecular formula is C37H69O8P. The zero-order valence-electron chi connectivity index (χ0n) is 29.5. The Morgan fingerprint density at radius 1 is 0.543 bits per heavy atom. The molecule has 9 heteroatoms. The highest BCUT2D eigenvalue weighted by molar-refractivity contribution is 7.46. The molecule has 0 amide bonds. The molecule has 0 aliphatic carbocycles. The quantitative estimate of drug-likeness (QED) is 0.0300. The number of carbonyl (C=O) groups excluding carboxylic acids is 2. The Bertz CT molecular complexity index is 807. The first kappa shape index (κ1) is 44.5. The molecule has 0 radical (unpaired) electrons. The van der Waals surface area contributed by atoms with Gasteiger partial charge in [0.05, 0.1) is 6.61 Å². The second kappa shape index (κ2) is 33.4. The van der Waals surface area contributed by atoms with Crippen molar-refractivity contribution in [3.63, 3.8) is 0 Å². The molecule has 0 aliphatic heterocycles. The van der Waals surface area contributed by atoms with Crippen LogP contribution >= 0.6 is 7.82 Å². The zero-order chi connectivity index (χ0) is 34.0. The van der Waals surface area contributed by atoms with E-state index in [1.165, 1.54) is 77.0 Å². The van der Waals surface area contributed by atoms with Gasteiger partial charge in [0, 0.05) is 12.8 Å². The molecule has 2 N–H and O–H groups in total. The molecule has 46 heavy (non-hydrogen) atoms. The molecule has 0 aromatic carbocycles. The standard InChI is InChI=1S/C37H69O8P/c1-3-5-7-9-11-13-15-16-17-18-19-20-22-24-26-28-30-32-37(39)45-35(34-44-46(40,41)42)33-43-36(38)31-29-27-25-23-21-14-12-10-8-6-4-2/h10,12,16-17,35H,3-9,11,13-15,18-34H2,1-2H3,(H2,40,41,42)/b12-10-,17-16-. The van der Waals surface area contributed by atoms with E-state index in [1.807, 2.05) is 0 Å². The Kier molecular flexibility index (Phi) is 32.4. The van der Waals surface area contributed by atoms with Crippen LogP contribution in [-0.4, -0.2) is 41.0 Å². The lowest BCUT2D eigenvalue weighted by atomic mass is 10.1. The summed E-state index contributed by atoms with van der Waals surface area (Å²) in [6, 6.07) is 0. The Balaban J connectivity index is 3.96. The number of ether oxygens (including phenoxy) is 2. The van der Waals surface area contributed by atoms with Gasteiger partial charge in [-0.15, -0.1) is 0 Å². The predicted octanol–water partition coefficient (Wildman–Crippen LogP) is 10.8. The normalized spacial score (nSPS) is 12.7. The Hall–Kier alpha value is -1.47. The van der Waals surface area contributed by atoms with Crippen molar-refractivity contribution in [2.24, 2.45) is 0 Å². The minimum absolute atomic E-state index is 0.207. The van der Waals surface area contributed by atoms with Crippen molar-refractivity contribution < 1.29 is 37.9 Å². The van der Waals surface area contributed by atoms with E-state index in [0.29, 0.717) is 12.8 Å². The molecule has 270 valence electrons. The highest BCUT2D eigenvalue weighted by atomic mass is 31.2. The fraction of sp³-hybridized carbons (Fsp3) is 0.838. The smallest absolute Gasteiger partial charge is 0.462 e. The maximum absolute atomic E-state index is 12.3. The number of allylic oxidation sites excluding steroid dienone is 4. The molecule has 0 saturated carbocycles. The van der Waals surface area contributed by atoms with Gasteiger partial charge >= 0.3 is 19.8 Å². The summed E-state index contributed by atoms with van der Waals surface area (Å²) in [4.78, 5) is 42.6. The molecule has 0 aliphatic rings. The third-order valence-electron chi connectivity index (χ3n) is 7.94. The van der Waals surface area contributed by atoms with E-state index in [-0.39, 0.29) is 19.4 Å². The second-order valence-corrected chi connectivity index (χ2v) is 13.8. The summed E-state index contributed by atoms with van der Waals surface area (Å²) in [7, 11) is -4.75. The van der Waals surface area contributed by atoms with Crippen LogP contribution < -0.4 is 0 Å². The molecule has 0 saturated heterocycles. The molecule has 1 unspecified atom stereocenters. The highest BCUT2D eigenvalue weighted by Crippen LogP contribution is 2.36. The van der Waals surface area contributed by atoms with E-state index in [9.17, 15) is 14.2 Å². The number of hydrogen-bond acceptors (Lipinski definition) is 6. The van der Waals surface area contributed by atoms with Gasteiger partial charge in [0.15, 0.2) is 6.10 Å². The van der Waals surface area contributed by atoms with E-state index in [4.69, 9.17) is 19.3 Å². The van der Waals surface area contributed by atoms with Crippen LogP contribution in [0.5, 0.6) is 0 Å². The van der Waals surface area contributed by atoms with Gasteiger partial charge in [0.25, 0.3) is 0 Å². The van der Waals surface area contributed by atoms with Crippen molar-refractivity contribution in [1.29, 1.82) is 0 Å². The van der Waals surface area contributed by atoms with Crippen molar-refractivity contribution in [1.82, 2.24) is 0 Å². The van der Waals surface area contributed by atoms with Gasteiger partial charge in [-0.1, -0.05) is 134 Å². The Morgan fingerprint density at radius 2 is 0.935 bits per heavy atom.